The highest BCUT2D eigenvalue weighted by Crippen LogP contribution is 2.19. The van der Waals surface area contributed by atoms with Crippen molar-refractivity contribution in [3.05, 3.63) is 29.3 Å². The molecule has 1 aromatic rings. The fourth-order valence-corrected chi connectivity index (χ4v) is 4.41. The average molecular weight is 425 g/mol. The summed E-state index contributed by atoms with van der Waals surface area (Å²) in [6.07, 6.45) is 2.99. The third-order valence-corrected chi connectivity index (χ3v) is 6.43. The van der Waals surface area contributed by atoms with Crippen molar-refractivity contribution in [2.45, 2.75) is 33.6 Å². The summed E-state index contributed by atoms with van der Waals surface area (Å²) in [6, 6.07) is 6.24. The van der Waals surface area contributed by atoms with E-state index in [0.717, 1.165) is 37.6 Å². The zero-order chi connectivity index (χ0) is 21.4. The van der Waals surface area contributed by atoms with Crippen molar-refractivity contribution in [3.8, 4) is 5.75 Å². The van der Waals surface area contributed by atoms with Crippen LogP contribution in [-0.4, -0.2) is 76.2 Å². The van der Waals surface area contributed by atoms with Crippen LogP contribution in [0, 0.1) is 19.8 Å². The van der Waals surface area contributed by atoms with Crippen LogP contribution in [0.4, 0.5) is 0 Å². The predicted octanol–water partition coefficient (Wildman–Crippen LogP) is 2.25. The molecule has 8 heteroatoms. The maximum Gasteiger partial charge on any atom is 0.211 e. The molecule has 0 unspecified atom stereocenters. The first kappa shape index (κ1) is 23.5. The van der Waals surface area contributed by atoms with Gasteiger partial charge in [-0.15, -0.1) is 0 Å². The van der Waals surface area contributed by atoms with Gasteiger partial charge in [-0.25, -0.2) is 12.7 Å². The normalized spacial score (nSPS) is 16.7. The van der Waals surface area contributed by atoms with Gasteiger partial charge in [-0.2, -0.15) is 0 Å². The van der Waals surface area contributed by atoms with E-state index >= 15 is 0 Å². The lowest BCUT2D eigenvalue weighted by molar-refractivity contribution is 0.274. The van der Waals surface area contributed by atoms with Crippen molar-refractivity contribution in [3.63, 3.8) is 0 Å². The zero-order valence-electron chi connectivity index (χ0n) is 18.4. The minimum absolute atomic E-state index is 0.418. The van der Waals surface area contributed by atoms with Crippen LogP contribution in [0.1, 0.15) is 30.9 Å². The molecule has 1 aliphatic rings. The average Bonchev–Trinajstić information content (AvgIpc) is 2.64. The lowest BCUT2D eigenvalue weighted by Gasteiger charge is -2.30. The number of ether oxygens (including phenoxy) is 1. The Labute approximate surface area is 176 Å². The van der Waals surface area contributed by atoms with Crippen LogP contribution in [0.15, 0.2) is 23.2 Å². The number of hydrogen-bond donors (Lipinski definition) is 1. The highest BCUT2D eigenvalue weighted by molar-refractivity contribution is 7.88. The smallest absolute Gasteiger partial charge is 0.211 e. The molecular weight excluding hydrogens is 388 g/mol. The van der Waals surface area contributed by atoms with Crippen LogP contribution in [0.3, 0.4) is 0 Å². The van der Waals surface area contributed by atoms with E-state index < -0.39 is 10.0 Å². The Bertz CT molecular complexity index is 767. The Morgan fingerprint density at radius 3 is 2.41 bits per heavy atom. The number of aryl methyl sites for hydroxylation is 2. The molecule has 0 aromatic heterocycles. The van der Waals surface area contributed by atoms with Gasteiger partial charge in [0.1, 0.15) is 12.4 Å². The Kier molecular flexibility index (Phi) is 8.77. The van der Waals surface area contributed by atoms with E-state index in [2.05, 4.69) is 49.2 Å². The molecule has 1 fully saturated rings. The van der Waals surface area contributed by atoms with Crippen molar-refractivity contribution in [2.24, 2.45) is 10.9 Å². The number of sulfonamides is 1. The summed E-state index contributed by atoms with van der Waals surface area (Å²) in [5.74, 6) is 2.18. The van der Waals surface area contributed by atoms with Crippen LogP contribution in [0.2, 0.25) is 0 Å². The summed E-state index contributed by atoms with van der Waals surface area (Å²) in [6.45, 7) is 10.2. The lowest BCUT2D eigenvalue weighted by Crippen LogP contribution is -2.42. The number of nitrogens with zero attached hydrogens (tertiary/aromatic N) is 3. The van der Waals surface area contributed by atoms with Crippen LogP contribution in [0.25, 0.3) is 0 Å². The fraction of sp³-hybridized carbons (Fsp3) is 0.667. The zero-order valence-corrected chi connectivity index (χ0v) is 19.3. The maximum absolute atomic E-state index is 11.6. The quantitative estimate of drug-likeness (QED) is 0.512. The first-order valence-corrected chi connectivity index (χ1v) is 12.2. The van der Waals surface area contributed by atoms with Gasteiger partial charge in [0.25, 0.3) is 0 Å². The second kappa shape index (κ2) is 10.8. The van der Waals surface area contributed by atoms with E-state index in [1.807, 2.05) is 7.05 Å². The number of benzene rings is 1. The van der Waals surface area contributed by atoms with E-state index in [0.29, 0.717) is 32.2 Å². The van der Waals surface area contributed by atoms with Gasteiger partial charge in [-0.3, -0.25) is 4.99 Å². The van der Waals surface area contributed by atoms with Crippen molar-refractivity contribution in [1.29, 1.82) is 0 Å². The van der Waals surface area contributed by atoms with Crippen molar-refractivity contribution in [1.82, 2.24) is 14.5 Å². The summed E-state index contributed by atoms with van der Waals surface area (Å²) in [4.78, 5) is 6.87. The second-order valence-electron chi connectivity index (χ2n) is 7.89. The van der Waals surface area contributed by atoms with E-state index in [1.165, 1.54) is 17.4 Å². The fourth-order valence-electron chi connectivity index (χ4n) is 3.53. The first-order valence-electron chi connectivity index (χ1n) is 10.3. The van der Waals surface area contributed by atoms with Crippen LogP contribution in [0.5, 0.6) is 5.75 Å². The number of rotatable bonds is 8. The molecule has 1 N–H and O–H groups in total. The molecule has 7 nitrogen and oxygen atoms in total. The highest BCUT2D eigenvalue weighted by atomic mass is 32.2. The van der Waals surface area contributed by atoms with Crippen LogP contribution >= 0.6 is 0 Å². The molecule has 0 aliphatic carbocycles. The molecule has 1 heterocycles. The molecule has 1 aromatic carbocycles. The van der Waals surface area contributed by atoms with Gasteiger partial charge in [-0.05, 0) is 62.8 Å². The number of nitrogens with one attached hydrogen (secondary N) is 1. The molecule has 0 amide bonds. The molecule has 0 bridgehead atoms. The van der Waals surface area contributed by atoms with Crippen molar-refractivity contribution in [2.75, 3.05) is 52.6 Å². The molecule has 0 saturated carbocycles. The van der Waals surface area contributed by atoms with Crippen LogP contribution in [-0.2, 0) is 10.0 Å². The van der Waals surface area contributed by atoms with E-state index in [9.17, 15) is 8.42 Å². The van der Waals surface area contributed by atoms with Gasteiger partial charge < -0.3 is 15.0 Å². The van der Waals surface area contributed by atoms with Gasteiger partial charge in [-0.1, -0.05) is 6.07 Å². The van der Waals surface area contributed by atoms with E-state index in [1.54, 1.807) is 4.31 Å². The van der Waals surface area contributed by atoms with Gasteiger partial charge >= 0.3 is 0 Å². The first-order chi connectivity index (χ1) is 13.7. The minimum atomic E-state index is -3.08. The van der Waals surface area contributed by atoms with Gasteiger partial charge in [0.05, 0.1) is 12.8 Å². The summed E-state index contributed by atoms with van der Waals surface area (Å²) < 4.78 is 30.8. The molecule has 2 rings (SSSR count). The molecule has 164 valence electrons. The van der Waals surface area contributed by atoms with Gasteiger partial charge in [0, 0.05) is 33.2 Å². The van der Waals surface area contributed by atoms with Crippen LogP contribution < -0.4 is 10.1 Å². The SMILES string of the molecule is CCNC(=NCC1CCN(S(C)(=O)=O)CC1)N(C)CCOc1cc(C)cc(C)c1. The Morgan fingerprint density at radius 2 is 1.86 bits per heavy atom. The van der Waals surface area contributed by atoms with E-state index in [-0.39, 0.29) is 0 Å². The second-order valence-corrected chi connectivity index (χ2v) is 9.88. The standard InChI is InChI=1S/C21H36N4O3S/c1-6-22-21(23-16-19-7-9-25(10-8-19)29(5,26)27)24(4)11-12-28-20-14-17(2)13-18(3)15-20/h13-15,19H,6-12,16H2,1-5H3,(H,22,23). The van der Waals surface area contributed by atoms with Crippen molar-refractivity contribution < 1.29 is 13.2 Å². The monoisotopic (exact) mass is 424 g/mol. The number of piperidine rings is 1. The number of guanidine groups is 1. The third kappa shape index (κ3) is 7.85. The molecule has 0 spiro atoms. The highest BCUT2D eigenvalue weighted by Gasteiger charge is 2.24. The van der Waals surface area contributed by atoms with E-state index in [4.69, 9.17) is 9.73 Å². The molecule has 29 heavy (non-hydrogen) atoms. The minimum Gasteiger partial charge on any atom is -0.492 e. The molecule has 0 radical (unpaired) electrons. The molecule has 1 saturated heterocycles. The maximum atomic E-state index is 11.6. The van der Waals surface area contributed by atoms with Gasteiger partial charge in [0.2, 0.25) is 10.0 Å². The van der Waals surface area contributed by atoms with Crippen molar-refractivity contribution >= 4 is 16.0 Å². The van der Waals surface area contributed by atoms with Gasteiger partial charge in [0.15, 0.2) is 5.96 Å². The number of aliphatic imine (C=N–C) groups is 1. The topological polar surface area (TPSA) is 74.2 Å². The third-order valence-electron chi connectivity index (χ3n) is 5.13. The Morgan fingerprint density at radius 1 is 1.24 bits per heavy atom. The summed E-state index contributed by atoms with van der Waals surface area (Å²) in [5, 5.41) is 3.34. The molecular formula is C21H36N4O3S. The molecule has 1 aliphatic heterocycles. The lowest BCUT2D eigenvalue weighted by atomic mass is 9.98. The number of hydrogen-bond acceptors (Lipinski definition) is 4. The number of likely N-dealkylation sites (N-methyl/N-ethyl adjacent to an activating group) is 1. The summed E-state index contributed by atoms with van der Waals surface area (Å²) >= 11 is 0. The summed E-state index contributed by atoms with van der Waals surface area (Å²) in [7, 11) is -1.07. The summed E-state index contributed by atoms with van der Waals surface area (Å²) in [5.41, 5.74) is 2.40. The Hall–Kier alpha value is -1.80. The predicted molar refractivity (Wildman–Crippen MR) is 119 cm³/mol. The Balaban J connectivity index is 1.84. The molecule has 0 atom stereocenters. The largest absolute Gasteiger partial charge is 0.492 e.